The molecule has 2 saturated heterocycles. The van der Waals surface area contributed by atoms with Crippen LogP contribution in [0.1, 0.15) is 23.2 Å². The number of hydrogen-bond acceptors (Lipinski definition) is 5. The Kier molecular flexibility index (Phi) is 6.79. The van der Waals surface area contributed by atoms with E-state index in [2.05, 4.69) is 4.98 Å². The minimum atomic E-state index is -5.08. The van der Waals surface area contributed by atoms with E-state index in [4.69, 9.17) is 19.4 Å². The third-order valence-electron chi connectivity index (χ3n) is 4.97. The number of ether oxygens (including phenoxy) is 2. The molecule has 0 radical (unpaired) electrons. The Morgan fingerprint density at radius 3 is 2.45 bits per heavy atom. The van der Waals surface area contributed by atoms with E-state index in [1.165, 1.54) is 0 Å². The molecule has 2 fully saturated rings. The molecule has 1 amide bonds. The topological polar surface area (TPSA) is 89.0 Å². The number of carboxylic acids is 1. The van der Waals surface area contributed by atoms with E-state index >= 15 is 0 Å². The van der Waals surface area contributed by atoms with Gasteiger partial charge in [-0.2, -0.15) is 13.2 Å². The lowest BCUT2D eigenvalue weighted by molar-refractivity contribution is -0.192. The fourth-order valence-corrected chi connectivity index (χ4v) is 3.53. The van der Waals surface area contributed by atoms with E-state index in [9.17, 15) is 18.0 Å². The van der Waals surface area contributed by atoms with E-state index in [-0.39, 0.29) is 17.6 Å². The number of amides is 1. The molecule has 1 aromatic heterocycles. The fraction of sp³-hybridized carbons (Fsp3) is 0.381. The number of halogens is 3. The van der Waals surface area contributed by atoms with Crippen LogP contribution < -0.4 is 4.74 Å². The number of likely N-dealkylation sites (tertiary alicyclic amines) is 1. The molecule has 0 unspecified atom stereocenters. The molecule has 1 aromatic carbocycles. The van der Waals surface area contributed by atoms with Crippen LogP contribution in [0.2, 0.25) is 0 Å². The molecule has 3 heterocycles. The zero-order chi connectivity index (χ0) is 22.5. The molecule has 166 valence electrons. The monoisotopic (exact) mass is 438 g/mol. The average Bonchev–Trinajstić information content (AvgIpc) is 3.35. The van der Waals surface area contributed by atoms with E-state index in [0.29, 0.717) is 19.0 Å². The molecular formula is C21H21F3N2O5. The molecule has 31 heavy (non-hydrogen) atoms. The Labute approximate surface area is 176 Å². The SMILES string of the molecule is O=C(O)C(F)(F)F.O=C(c1ccccc1)N1CC[C@]2(C[C@@H](Oc3ccccn3)CO2)C1. The van der Waals surface area contributed by atoms with Crippen molar-refractivity contribution in [2.75, 3.05) is 19.7 Å². The summed E-state index contributed by atoms with van der Waals surface area (Å²) in [5.74, 6) is -2.06. The van der Waals surface area contributed by atoms with Crippen LogP contribution in [-0.2, 0) is 9.53 Å². The third-order valence-corrected chi connectivity index (χ3v) is 4.97. The number of hydrogen-bond donors (Lipinski definition) is 1. The Balaban J connectivity index is 0.000000339. The van der Waals surface area contributed by atoms with Crippen molar-refractivity contribution >= 4 is 11.9 Å². The van der Waals surface area contributed by atoms with Gasteiger partial charge in [0, 0.05) is 30.8 Å². The number of rotatable bonds is 3. The summed E-state index contributed by atoms with van der Waals surface area (Å²) in [4.78, 5) is 27.6. The number of carbonyl (C=O) groups is 2. The summed E-state index contributed by atoms with van der Waals surface area (Å²) in [6.07, 6.45) is -1.72. The maximum absolute atomic E-state index is 12.6. The van der Waals surface area contributed by atoms with E-state index in [0.717, 1.165) is 24.9 Å². The van der Waals surface area contributed by atoms with Crippen molar-refractivity contribution in [3.63, 3.8) is 0 Å². The Morgan fingerprint density at radius 2 is 1.84 bits per heavy atom. The first-order chi connectivity index (χ1) is 14.7. The molecule has 1 spiro atoms. The van der Waals surface area contributed by atoms with Crippen molar-refractivity contribution in [3.8, 4) is 5.88 Å². The van der Waals surface area contributed by atoms with Gasteiger partial charge in [0.1, 0.15) is 6.10 Å². The van der Waals surface area contributed by atoms with Gasteiger partial charge in [-0.15, -0.1) is 0 Å². The lowest BCUT2D eigenvalue weighted by Crippen LogP contribution is -2.36. The van der Waals surface area contributed by atoms with Crippen molar-refractivity contribution in [2.45, 2.75) is 30.7 Å². The molecule has 1 N–H and O–H groups in total. The Morgan fingerprint density at radius 1 is 1.16 bits per heavy atom. The van der Waals surface area contributed by atoms with Crippen LogP contribution in [-0.4, -0.2) is 64.4 Å². The molecule has 4 rings (SSSR count). The standard InChI is InChI=1S/C19H20N2O3.C2HF3O2/c22-18(15-6-2-1-3-7-15)21-11-9-19(14-21)12-16(13-23-19)24-17-8-4-5-10-20-17;3-2(4,5)1(6)7/h1-8,10,16H,9,11-14H2;(H,6,7)/t16-,19+;/m1./s1. The molecule has 0 bridgehead atoms. The highest BCUT2D eigenvalue weighted by atomic mass is 19.4. The predicted octanol–water partition coefficient (Wildman–Crippen LogP) is 3.17. The average molecular weight is 438 g/mol. The van der Waals surface area contributed by atoms with E-state index in [1.807, 2.05) is 53.4 Å². The first-order valence-electron chi connectivity index (χ1n) is 9.55. The maximum Gasteiger partial charge on any atom is 0.490 e. The summed E-state index contributed by atoms with van der Waals surface area (Å²) in [6, 6.07) is 15.0. The van der Waals surface area contributed by atoms with Gasteiger partial charge in [0.25, 0.3) is 5.91 Å². The van der Waals surface area contributed by atoms with Crippen LogP contribution in [0.25, 0.3) is 0 Å². The maximum atomic E-state index is 12.6. The number of carboxylic acid groups (broad SMARTS) is 1. The quantitative estimate of drug-likeness (QED) is 0.792. The van der Waals surface area contributed by atoms with Crippen molar-refractivity contribution in [3.05, 3.63) is 60.3 Å². The summed E-state index contributed by atoms with van der Waals surface area (Å²) < 4.78 is 43.7. The lowest BCUT2D eigenvalue weighted by Gasteiger charge is -2.23. The lowest BCUT2D eigenvalue weighted by atomic mass is 9.98. The van der Waals surface area contributed by atoms with Gasteiger partial charge in [-0.3, -0.25) is 4.79 Å². The summed E-state index contributed by atoms with van der Waals surface area (Å²) in [5.41, 5.74) is 0.456. The highest BCUT2D eigenvalue weighted by Crippen LogP contribution is 2.36. The van der Waals surface area contributed by atoms with Gasteiger partial charge in [-0.05, 0) is 24.6 Å². The highest BCUT2D eigenvalue weighted by Gasteiger charge is 2.47. The Bertz CT molecular complexity index is 895. The van der Waals surface area contributed by atoms with Crippen LogP contribution in [0.4, 0.5) is 13.2 Å². The van der Waals surface area contributed by atoms with E-state index < -0.39 is 12.1 Å². The Hall–Kier alpha value is -3.14. The zero-order valence-corrected chi connectivity index (χ0v) is 16.4. The van der Waals surface area contributed by atoms with Gasteiger partial charge in [0.2, 0.25) is 5.88 Å². The number of carbonyl (C=O) groups excluding carboxylic acids is 1. The number of aliphatic carboxylic acids is 1. The molecule has 2 aromatic rings. The largest absolute Gasteiger partial charge is 0.490 e. The highest BCUT2D eigenvalue weighted by molar-refractivity contribution is 5.94. The molecule has 7 nitrogen and oxygen atoms in total. The van der Waals surface area contributed by atoms with Crippen molar-refractivity contribution in [1.82, 2.24) is 9.88 Å². The number of alkyl halides is 3. The number of aromatic nitrogens is 1. The second kappa shape index (κ2) is 9.34. The second-order valence-corrected chi connectivity index (χ2v) is 7.25. The van der Waals surface area contributed by atoms with Crippen LogP contribution in [0.5, 0.6) is 5.88 Å². The first-order valence-corrected chi connectivity index (χ1v) is 9.55. The van der Waals surface area contributed by atoms with Crippen LogP contribution in [0.15, 0.2) is 54.7 Å². The molecule has 10 heteroatoms. The van der Waals surface area contributed by atoms with Crippen molar-refractivity contribution < 1.29 is 37.3 Å². The first kappa shape index (κ1) is 22.5. The zero-order valence-electron chi connectivity index (χ0n) is 16.4. The third kappa shape index (κ3) is 5.94. The molecule has 0 saturated carbocycles. The molecule has 2 aliphatic rings. The predicted molar refractivity (Wildman–Crippen MR) is 103 cm³/mol. The van der Waals surface area contributed by atoms with Crippen molar-refractivity contribution in [2.24, 2.45) is 0 Å². The van der Waals surface area contributed by atoms with Gasteiger partial charge in [-0.1, -0.05) is 24.3 Å². The second-order valence-electron chi connectivity index (χ2n) is 7.25. The number of nitrogens with zero attached hydrogens (tertiary/aromatic N) is 2. The van der Waals surface area contributed by atoms with Gasteiger partial charge in [0.05, 0.1) is 18.8 Å². The summed E-state index contributed by atoms with van der Waals surface area (Å²) >= 11 is 0. The number of benzene rings is 1. The smallest absolute Gasteiger partial charge is 0.475 e. The normalized spacial score (nSPS) is 22.7. The van der Waals surface area contributed by atoms with Gasteiger partial charge < -0.3 is 19.5 Å². The van der Waals surface area contributed by atoms with Gasteiger partial charge in [-0.25, -0.2) is 9.78 Å². The summed E-state index contributed by atoms with van der Waals surface area (Å²) in [6.45, 7) is 1.90. The molecule has 2 aliphatic heterocycles. The van der Waals surface area contributed by atoms with Crippen LogP contribution in [0.3, 0.4) is 0 Å². The fourth-order valence-electron chi connectivity index (χ4n) is 3.53. The summed E-state index contributed by atoms with van der Waals surface area (Å²) in [5, 5.41) is 7.12. The molecular weight excluding hydrogens is 417 g/mol. The summed E-state index contributed by atoms with van der Waals surface area (Å²) in [7, 11) is 0. The van der Waals surface area contributed by atoms with Gasteiger partial charge >= 0.3 is 12.1 Å². The van der Waals surface area contributed by atoms with Crippen LogP contribution in [0, 0.1) is 0 Å². The molecule has 2 atom stereocenters. The van der Waals surface area contributed by atoms with Crippen LogP contribution >= 0.6 is 0 Å². The minimum Gasteiger partial charge on any atom is -0.475 e. The van der Waals surface area contributed by atoms with E-state index in [1.54, 1.807) is 6.20 Å². The minimum absolute atomic E-state index is 0.00771. The van der Waals surface area contributed by atoms with Crippen molar-refractivity contribution in [1.29, 1.82) is 0 Å². The van der Waals surface area contributed by atoms with Gasteiger partial charge in [0.15, 0.2) is 0 Å². The molecule has 0 aliphatic carbocycles. The number of pyridine rings is 1.